The molecule has 2 rings (SSSR count). The average molecular weight is 241 g/mol. The van der Waals surface area contributed by atoms with E-state index in [1.165, 1.54) is 16.7 Å². The lowest BCUT2D eigenvalue weighted by Crippen LogP contribution is -2.02. The van der Waals surface area contributed by atoms with Crippen LogP contribution in [0.2, 0.25) is 0 Å². The molecule has 0 saturated heterocycles. The maximum Gasteiger partial charge on any atom is 0.130 e. The molecule has 0 aliphatic heterocycles. The summed E-state index contributed by atoms with van der Waals surface area (Å²) < 4.78 is 0. The van der Waals surface area contributed by atoms with Gasteiger partial charge in [-0.05, 0) is 49.9 Å². The summed E-state index contributed by atoms with van der Waals surface area (Å²) in [5.41, 5.74) is 12.9. The average Bonchev–Trinajstić information content (AvgIpc) is 2.33. The molecule has 0 amide bonds. The fourth-order valence-corrected chi connectivity index (χ4v) is 2.22. The van der Waals surface area contributed by atoms with Crippen LogP contribution in [0.5, 0.6) is 0 Å². The monoisotopic (exact) mass is 241 g/mol. The van der Waals surface area contributed by atoms with Crippen molar-refractivity contribution < 1.29 is 0 Å². The van der Waals surface area contributed by atoms with Gasteiger partial charge >= 0.3 is 0 Å². The zero-order chi connectivity index (χ0) is 13.3. The number of benzene rings is 1. The summed E-state index contributed by atoms with van der Waals surface area (Å²) in [5.74, 6) is 0.583. The molecule has 3 nitrogen and oxygen atoms in total. The summed E-state index contributed by atoms with van der Waals surface area (Å²) in [6.07, 6.45) is 2.38. The first-order valence-electron chi connectivity index (χ1n) is 6.22. The van der Waals surface area contributed by atoms with Gasteiger partial charge in [0.15, 0.2) is 0 Å². The Labute approximate surface area is 108 Å². The Morgan fingerprint density at radius 1 is 1.00 bits per heavy atom. The highest BCUT2D eigenvalue weighted by Crippen LogP contribution is 2.29. The molecule has 0 unspecified atom stereocenters. The van der Waals surface area contributed by atoms with Gasteiger partial charge in [0.25, 0.3) is 0 Å². The summed E-state index contributed by atoms with van der Waals surface area (Å²) in [6, 6.07) is 4.38. The molecule has 0 aliphatic rings. The van der Waals surface area contributed by atoms with Crippen molar-refractivity contribution >= 4 is 5.82 Å². The molecule has 2 aromatic rings. The highest BCUT2D eigenvalue weighted by molar-refractivity contribution is 5.71. The molecule has 2 N–H and O–H groups in total. The summed E-state index contributed by atoms with van der Waals surface area (Å²) >= 11 is 0. The number of nitrogens with two attached hydrogens (primary N) is 1. The number of aryl methyl sites for hydroxylation is 3. The Morgan fingerprint density at radius 3 is 2.33 bits per heavy atom. The van der Waals surface area contributed by atoms with Gasteiger partial charge in [0, 0.05) is 11.1 Å². The van der Waals surface area contributed by atoms with Crippen molar-refractivity contribution in [2.75, 3.05) is 5.73 Å². The molecule has 94 valence electrons. The molecule has 1 heterocycles. The molecule has 1 aromatic carbocycles. The fraction of sp³-hybridized carbons (Fsp3) is 0.333. The highest BCUT2D eigenvalue weighted by atomic mass is 14.9. The van der Waals surface area contributed by atoms with Crippen molar-refractivity contribution in [3.63, 3.8) is 0 Å². The van der Waals surface area contributed by atoms with Crippen molar-refractivity contribution in [2.24, 2.45) is 0 Å². The number of hydrogen-bond acceptors (Lipinski definition) is 3. The van der Waals surface area contributed by atoms with E-state index in [-0.39, 0.29) is 0 Å². The van der Waals surface area contributed by atoms with E-state index in [1.807, 2.05) is 0 Å². The second kappa shape index (κ2) is 4.77. The normalized spacial score (nSPS) is 10.7. The largest absolute Gasteiger partial charge is 0.383 e. The van der Waals surface area contributed by atoms with Crippen LogP contribution in [0, 0.1) is 20.8 Å². The van der Waals surface area contributed by atoms with Gasteiger partial charge in [-0.3, -0.25) is 0 Å². The molecule has 0 saturated carbocycles. The van der Waals surface area contributed by atoms with Crippen LogP contribution >= 0.6 is 0 Å². The number of rotatable bonds is 2. The van der Waals surface area contributed by atoms with Crippen molar-refractivity contribution in [1.82, 2.24) is 9.97 Å². The van der Waals surface area contributed by atoms with Crippen LogP contribution in [0.4, 0.5) is 5.82 Å². The van der Waals surface area contributed by atoms with E-state index in [9.17, 15) is 0 Å². The number of aromatic nitrogens is 2. The van der Waals surface area contributed by atoms with Crippen LogP contribution in [-0.2, 0) is 6.42 Å². The van der Waals surface area contributed by atoms with E-state index < -0.39 is 0 Å². The molecule has 0 spiro atoms. The third kappa shape index (κ3) is 2.08. The zero-order valence-electron chi connectivity index (χ0n) is 11.4. The van der Waals surface area contributed by atoms with Crippen LogP contribution in [-0.4, -0.2) is 9.97 Å². The van der Waals surface area contributed by atoms with Gasteiger partial charge in [0.2, 0.25) is 0 Å². The minimum Gasteiger partial charge on any atom is -0.383 e. The van der Waals surface area contributed by atoms with E-state index in [0.29, 0.717) is 5.82 Å². The molecule has 0 fully saturated rings. The van der Waals surface area contributed by atoms with Gasteiger partial charge in [0.05, 0.1) is 5.69 Å². The lowest BCUT2D eigenvalue weighted by atomic mass is 9.95. The van der Waals surface area contributed by atoms with Crippen LogP contribution in [0.15, 0.2) is 18.5 Å². The predicted octanol–water partition coefficient (Wildman–Crippen LogP) is 3.21. The molecule has 3 heteroatoms. The SMILES string of the molecule is CCc1c(N)ncnc1-c1cc(C)c(C)cc1C. The number of nitrogen functional groups attached to an aromatic ring is 1. The van der Waals surface area contributed by atoms with Crippen LogP contribution in [0.3, 0.4) is 0 Å². The molecule has 0 radical (unpaired) electrons. The first kappa shape index (κ1) is 12.6. The Hall–Kier alpha value is -1.90. The van der Waals surface area contributed by atoms with E-state index in [2.05, 4.69) is 49.8 Å². The van der Waals surface area contributed by atoms with Crippen molar-refractivity contribution in [3.05, 3.63) is 40.7 Å². The second-order valence-corrected chi connectivity index (χ2v) is 4.69. The highest BCUT2D eigenvalue weighted by Gasteiger charge is 2.12. The lowest BCUT2D eigenvalue weighted by Gasteiger charge is -2.13. The van der Waals surface area contributed by atoms with Gasteiger partial charge in [-0.1, -0.05) is 13.0 Å². The fourth-order valence-electron chi connectivity index (χ4n) is 2.22. The number of hydrogen-bond donors (Lipinski definition) is 1. The first-order chi connectivity index (χ1) is 8.54. The van der Waals surface area contributed by atoms with E-state index in [0.717, 1.165) is 23.2 Å². The molecule has 0 atom stereocenters. The molecular weight excluding hydrogens is 222 g/mol. The third-order valence-corrected chi connectivity index (χ3v) is 3.43. The zero-order valence-corrected chi connectivity index (χ0v) is 11.4. The van der Waals surface area contributed by atoms with Crippen LogP contribution in [0.25, 0.3) is 11.3 Å². The first-order valence-corrected chi connectivity index (χ1v) is 6.22. The van der Waals surface area contributed by atoms with Gasteiger partial charge in [0.1, 0.15) is 12.1 Å². The third-order valence-electron chi connectivity index (χ3n) is 3.43. The summed E-state index contributed by atoms with van der Waals surface area (Å²) in [7, 11) is 0. The minimum atomic E-state index is 0.583. The molecular formula is C15H19N3. The molecule has 1 aromatic heterocycles. The van der Waals surface area contributed by atoms with E-state index >= 15 is 0 Å². The van der Waals surface area contributed by atoms with Gasteiger partial charge < -0.3 is 5.73 Å². The Bertz CT molecular complexity index is 589. The Balaban J connectivity index is 2.69. The van der Waals surface area contributed by atoms with Crippen molar-refractivity contribution in [1.29, 1.82) is 0 Å². The van der Waals surface area contributed by atoms with E-state index in [4.69, 9.17) is 5.73 Å². The van der Waals surface area contributed by atoms with Gasteiger partial charge in [-0.2, -0.15) is 0 Å². The van der Waals surface area contributed by atoms with Crippen LogP contribution in [0.1, 0.15) is 29.2 Å². The maximum atomic E-state index is 5.94. The summed E-state index contributed by atoms with van der Waals surface area (Å²) in [4.78, 5) is 8.49. The topological polar surface area (TPSA) is 51.8 Å². The van der Waals surface area contributed by atoms with Gasteiger partial charge in [-0.25, -0.2) is 9.97 Å². The quantitative estimate of drug-likeness (QED) is 0.878. The summed E-state index contributed by atoms with van der Waals surface area (Å²) in [5, 5.41) is 0. The van der Waals surface area contributed by atoms with E-state index in [1.54, 1.807) is 6.33 Å². The molecule has 0 aliphatic carbocycles. The number of nitrogens with zero attached hydrogens (tertiary/aromatic N) is 2. The standard InChI is InChI=1S/C15H19N3/c1-5-12-14(17-8-18-15(12)16)13-7-10(3)9(2)6-11(13)4/h6-8H,5H2,1-4H3,(H2,16,17,18). The molecule has 18 heavy (non-hydrogen) atoms. The minimum absolute atomic E-state index is 0.583. The predicted molar refractivity (Wildman–Crippen MR) is 75.5 cm³/mol. The van der Waals surface area contributed by atoms with Gasteiger partial charge in [-0.15, -0.1) is 0 Å². The second-order valence-electron chi connectivity index (χ2n) is 4.69. The number of anilines is 1. The maximum absolute atomic E-state index is 5.94. The van der Waals surface area contributed by atoms with Crippen molar-refractivity contribution in [2.45, 2.75) is 34.1 Å². The Morgan fingerprint density at radius 2 is 1.67 bits per heavy atom. The van der Waals surface area contributed by atoms with Crippen LogP contribution < -0.4 is 5.73 Å². The lowest BCUT2D eigenvalue weighted by molar-refractivity contribution is 1.06. The molecule has 0 bridgehead atoms. The summed E-state index contributed by atoms with van der Waals surface area (Å²) in [6.45, 7) is 8.43. The Kier molecular flexibility index (Phi) is 3.32. The van der Waals surface area contributed by atoms with Crippen molar-refractivity contribution in [3.8, 4) is 11.3 Å². The smallest absolute Gasteiger partial charge is 0.130 e.